The van der Waals surface area contributed by atoms with Crippen molar-refractivity contribution in [1.29, 1.82) is 0 Å². The fourth-order valence-electron chi connectivity index (χ4n) is 4.07. The van der Waals surface area contributed by atoms with Gasteiger partial charge in [-0.1, -0.05) is 74.9 Å². The van der Waals surface area contributed by atoms with Crippen LogP contribution in [0.5, 0.6) is 0 Å². The lowest BCUT2D eigenvalue weighted by Gasteiger charge is -2.36. The first-order chi connectivity index (χ1) is 17.2. The topological polar surface area (TPSA) is 101 Å². The monoisotopic (exact) mass is 515 g/mol. The molecular formula is C29H32F3NO4. The Hall–Kier alpha value is -3.65. The van der Waals surface area contributed by atoms with Crippen molar-refractivity contribution >= 4 is 11.9 Å². The van der Waals surface area contributed by atoms with Crippen LogP contribution in [0.3, 0.4) is 0 Å². The van der Waals surface area contributed by atoms with E-state index in [1.54, 1.807) is 12.1 Å². The normalized spacial score (nSPS) is 13.7. The van der Waals surface area contributed by atoms with Crippen molar-refractivity contribution in [2.24, 2.45) is 11.7 Å². The summed E-state index contributed by atoms with van der Waals surface area (Å²) >= 11 is 0. The first-order valence-corrected chi connectivity index (χ1v) is 11.8. The van der Waals surface area contributed by atoms with Gasteiger partial charge in [-0.3, -0.25) is 0 Å². The Kier molecular flexibility index (Phi) is 10.0. The van der Waals surface area contributed by atoms with Gasteiger partial charge in [0.05, 0.1) is 16.7 Å². The molecule has 0 aliphatic carbocycles. The maximum atomic E-state index is 12.8. The molecule has 0 radical (unpaired) electrons. The zero-order valence-electron chi connectivity index (χ0n) is 21.0. The second-order valence-electron chi connectivity index (χ2n) is 9.45. The number of halogens is 3. The van der Waals surface area contributed by atoms with Crippen LogP contribution >= 0.6 is 0 Å². The van der Waals surface area contributed by atoms with E-state index in [1.165, 1.54) is 24.3 Å². The molecule has 37 heavy (non-hydrogen) atoms. The molecule has 0 bridgehead atoms. The van der Waals surface area contributed by atoms with Crippen LogP contribution in [0, 0.1) is 5.92 Å². The molecule has 0 saturated heterocycles. The van der Waals surface area contributed by atoms with Crippen molar-refractivity contribution in [3.63, 3.8) is 0 Å². The predicted octanol–water partition coefficient (Wildman–Crippen LogP) is 7.18. The van der Waals surface area contributed by atoms with Crippen molar-refractivity contribution < 1.29 is 33.0 Å². The summed E-state index contributed by atoms with van der Waals surface area (Å²) in [4.78, 5) is 20.9. The molecule has 0 saturated carbocycles. The fourth-order valence-corrected chi connectivity index (χ4v) is 4.07. The smallest absolute Gasteiger partial charge is 0.416 e. The highest BCUT2D eigenvalue weighted by Crippen LogP contribution is 2.40. The van der Waals surface area contributed by atoms with Crippen LogP contribution in [-0.4, -0.2) is 22.2 Å². The SMILES string of the molecule is CC(C)CC[C@@H](c1ccc(C(F)(F)F)cc1)[C@](C)(N)c1ccccc1.O=C(O)c1ccccc1C(=O)O. The fraction of sp³-hybridized carbons (Fsp3) is 0.310. The molecule has 0 heterocycles. The molecule has 0 fully saturated rings. The average Bonchev–Trinajstić information content (AvgIpc) is 2.84. The summed E-state index contributed by atoms with van der Waals surface area (Å²) in [5.74, 6) is -2.01. The van der Waals surface area contributed by atoms with E-state index in [-0.39, 0.29) is 17.0 Å². The highest BCUT2D eigenvalue weighted by atomic mass is 19.4. The van der Waals surface area contributed by atoms with E-state index in [2.05, 4.69) is 13.8 Å². The largest absolute Gasteiger partial charge is 0.478 e. The van der Waals surface area contributed by atoms with Gasteiger partial charge in [0.15, 0.2) is 0 Å². The van der Waals surface area contributed by atoms with E-state index in [9.17, 15) is 22.8 Å². The summed E-state index contributed by atoms with van der Waals surface area (Å²) in [5.41, 5.74) is 6.88. The second-order valence-corrected chi connectivity index (χ2v) is 9.45. The Labute approximate surface area is 214 Å². The molecule has 0 aliphatic rings. The number of benzene rings is 3. The van der Waals surface area contributed by atoms with E-state index in [4.69, 9.17) is 15.9 Å². The van der Waals surface area contributed by atoms with Crippen LogP contribution in [0.4, 0.5) is 13.2 Å². The van der Waals surface area contributed by atoms with Gasteiger partial charge in [0.1, 0.15) is 0 Å². The zero-order valence-corrected chi connectivity index (χ0v) is 21.0. The molecule has 4 N–H and O–H groups in total. The molecular weight excluding hydrogens is 483 g/mol. The minimum Gasteiger partial charge on any atom is -0.478 e. The summed E-state index contributed by atoms with van der Waals surface area (Å²) < 4.78 is 38.5. The van der Waals surface area contributed by atoms with E-state index < -0.39 is 29.2 Å². The molecule has 0 aromatic heterocycles. The Morgan fingerprint density at radius 2 is 1.22 bits per heavy atom. The van der Waals surface area contributed by atoms with Gasteiger partial charge in [-0.15, -0.1) is 0 Å². The quantitative estimate of drug-likeness (QED) is 0.295. The van der Waals surface area contributed by atoms with Gasteiger partial charge in [0.2, 0.25) is 0 Å². The molecule has 0 amide bonds. The third kappa shape index (κ3) is 8.18. The van der Waals surface area contributed by atoms with Crippen LogP contribution in [0.2, 0.25) is 0 Å². The predicted molar refractivity (Wildman–Crippen MR) is 137 cm³/mol. The van der Waals surface area contributed by atoms with Crippen molar-refractivity contribution in [3.05, 3.63) is 107 Å². The number of hydrogen-bond acceptors (Lipinski definition) is 3. The number of carbonyl (C=O) groups is 2. The highest BCUT2D eigenvalue weighted by Gasteiger charge is 2.34. The van der Waals surface area contributed by atoms with Gasteiger partial charge in [-0.2, -0.15) is 13.2 Å². The molecule has 5 nitrogen and oxygen atoms in total. The lowest BCUT2D eigenvalue weighted by Crippen LogP contribution is -2.40. The Balaban J connectivity index is 0.000000335. The third-order valence-corrected chi connectivity index (χ3v) is 6.18. The van der Waals surface area contributed by atoms with Crippen LogP contribution in [0.1, 0.15) is 76.9 Å². The molecule has 2 atom stereocenters. The molecule has 0 spiro atoms. The van der Waals surface area contributed by atoms with E-state index >= 15 is 0 Å². The molecule has 3 rings (SSSR count). The molecule has 8 heteroatoms. The number of rotatable bonds is 8. The van der Waals surface area contributed by atoms with Crippen LogP contribution in [0.25, 0.3) is 0 Å². The van der Waals surface area contributed by atoms with Gasteiger partial charge < -0.3 is 15.9 Å². The van der Waals surface area contributed by atoms with Gasteiger partial charge in [0.25, 0.3) is 0 Å². The van der Waals surface area contributed by atoms with Gasteiger partial charge in [-0.25, -0.2) is 9.59 Å². The van der Waals surface area contributed by atoms with E-state index in [0.717, 1.165) is 36.1 Å². The van der Waals surface area contributed by atoms with Crippen molar-refractivity contribution in [2.75, 3.05) is 0 Å². The number of aromatic carboxylic acids is 2. The molecule has 198 valence electrons. The van der Waals surface area contributed by atoms with Gasteiger partial charge >= 0.3 is 18.1 Å². The number of carboxylic acids is 2. The second kappa shape index (κ2) is 12.5. The van der Waals surface area contributed by atoms with Crippen molar-refractivity contribution in [3.8, 4) is 0 Å². The lowest BCUT2D eigenvalue weighted by molar-refractivity contribution is -0.137. The Morgan fingerprint density at radius 1 is 0.757 bits per heavy atom. The molecule has 3 aromatic carbocycles. The minimum absolute atomic E-state index is 0.0559. The zero-order chi connectivity index (χ0) is 27.8. The van der Waals surface area contributed by atoms with Crippen molar-refractivity contribution in [2.45, 2.75) is 51.2 Å². The number of alkyl halides is 3. The third-order valence-electron chi connectivity index (χ3n) is 6.18. The summed E-state index contributed by atoms with van der Waals surface area (Å²) in [5, 5.41) is 17.1. The van der Waals surface area contributed by atoms with Gasteiger partial charge in [-0.05, 0) is 54.7 Å². The maximum absolute atomic E-state index is 12.8. The minimum atomic E-state index is -4.32. The number of nitrogens with two attached hydrogens (primary N) is 1. The summed E-state index contributed by atoms with van der Waals surface area (Å²) in [7, 11) is 0. The Bertz CT molecular complexity index is 1140. The molecule has 0 aliphatic heterocycles. The first-order valence-electron chi connectivity index (χ1n) is 11.8. The average molecular weight is 516 g/mol. The standard InChI is InChI=1S/C21H26F3N.C8H6O4/c1-15(2)9-14-19(20(3,25)17-7-5-4-6-8-17)16-10-12-18(13-11-16)21(22,23)24;9-7(10)5-3-1-2-4-6(5)8(11)12/h4-8,10-13,15,19H,9,14,25H2,1-3H3;1-4H,(H,9,10)(H,11,12)/t19-,20+;/m0./s1. The van der Waals surface area contributed by atoms with Crippen LogP contribution in [-0.2, 0) is 11.7 Å². The van der Waals surface area contributed by atoms with E-state index in [0.29, 0.717) is 5.92 Å². The first kappa shape index (κ1) is 29.6. The van der Waals surface area contributed by atoms with Crippen molar-refractivity contribution in [1.82, 2.24) is 0 Å². The van der Waals surface area contributed by atoms with Crippen LogP contribution < -0.4 is 5.73 Å². The highest BCUT2D eigenvalue weighted by molar-refractivity contribution is 6.01. The summed E-state index contributed by atoms with van der Waals surface area (Å²) in [6.45, 7) is 6.24. The summed E-state index contributed by atoms with van der Waals surface area (Å²) in [6, 6.07) is 20.7. The Morgan fingerprint density at radius 3 is 1.62 bits per heavy atom. The number of carboxylic acid groups (broad SMARTS) is 2. The van der Waals surface area contributed by atoms with Crippen LogP contribution in [0.15, 0.2) is 78.9 Å². The van der Waals surface area contributed by atoms with E-state index in [1.807, 2.05) is 37.3 Å². The lowest BCUT2D eigenvalue weighted by atomic mass is 9.73. The maximum Gasteiger partial charge on any atom is 0.416 e. The molecule has 0 unspecified atom stereocenters. The van der Waals surface area contributed by atoms with Gasteiger partial charge in [0, 0.05) is 11.5 Å². The molecule has 3 aromatic rings. The summed E-state index contributed by atoms with van der Waals surface area (Å²) in [6.07, 6.45) is -2.53. The number of hydrogen-bond donors (Lipinski definition) is 3.